The smallest absolute Gasteiger partial charge is 0.348 e. The Hall–Kier alpha value is -3.95. The summed E-state index contributed by atoms with van der Waals surface area (Å²) >= 11 is 5.77. The minimum Gasteiger partial charge on any atom is -0.479 e. The molecule has 2 aromatic heterocycles. The topological polar surface area (TPSA) is 200 Å². The number of carboxylic acid groups (broad SMARTS) is 3. The van der Waals surface area contributed by atoms with Gasteiger partial charge in [0.05, 0.1) is 24.6 Å². The zero-order chi connectivity index (χ0) is 27.5. The summed E-state index contributed by atoms with van der Waals surface area (Å²) in [7, 11) is 1.16. The molecule has 198 valence electrons. The van der Waals surface area contributed by atoms with Crippen LogP contribution in [-0.4, -0.2) is 78.2 Å². The zero-order valence-electron chi connectivity index (χ0n) is 19.0. The summed E-state index contributed by atoms with van der Waals surface area (Å²) in [5.74, 6) is -6.58. The molecule has 0 saturated carbocycles. The van der Waals surface area contributed by atoms with Crippen molar-refractivity contribution in [1.29, 1.82) is 0 Å². The fraction of sp³-hybridized carbons (Fsp3) is 0.333. The van der Waals surface area contributed by atoms with Crippen LogP contribution < -0.4 is 5.73 Å². The van der Waals surface area contributed by atoms with Gasteiger partial charge in [-0.25, -0.2) is 28.1 Å². The maximum Gasteiger partial charge on any atom is 0.348 e. The van der Waals surface area contributed by atoms with E-state index in [9.17, 15) is 29.0 Å². The number of aromatic nitrogens is 4. The van der Waals surface area contributed by atoms with Gasteiger partial charge >= 0.3 is 17.9 Å². The third-order valence-electron chi connectivity index (χ3n) is 5.46. The number of nitrogens with zero attached hydrogens (tertiary/aromatic N) is 4. The molecule has 2 unspecified atom stereocenters. The molecule has 16 heteroatoms. The molecule has 2 heterocycles. The molecule has 5 N–H and O–H groups in total. The van der Waals surface area contributed by atoms with E-state index in [1.165, 1.54) is 0 Å². The fourth-order valence-electron chi connectivity index (χ4n) is 3.42. The van der Waals surface area contributed by atoms with Gasteiger partial charge in [-0.3, -0.25) is 4.57 Å². The molecule has 0 aliphatic rings. The van der Waals surface area contributed by atoms with Gasteiger partial charge < -0.3 is 30.5 Å². The van der Waals surface area contributed by atoms with Crippen molar-refractivity contribution in [3.8, 4) is 0 Å². The maximum atomic E-state index is 15.2. The predicted molar refractivity (Wildman–Crippen MR) is 121 cm³/mol. The molecule has 0 radical (unpaired) electrons. The Morgan fingerprint density at radius 1 is 1.22 bits per heavy atom. The molecular formula is C21H20ClF2N5O8. The van der Waals surface area contributed by atoms with Crippen molar-refractivity contribution in [2.24, 2.45) is 0 Å². The normalized spacial score (nSPS) is 13.4. The van der Waals surface area contributed by atoms with E-state index < -0.39 is 72.3 Å². The number of aromatic carboxylic acids is 1. The van der Waals surface area contributed by atoms with Gasteiger partial charge in [0, 0.05) is 20.0 Å². The summed E-state index contributed by atoms with van der Waals surface area (Å²) < 4.78 is 40.9. The Kier molecular flexibility index (Phi) is 8.20. The van der Waals surface area contributed by atoms with Crippen LogP contribution in [0.1, 0.15) is 28.6 Å². The Labute approximate surface area is 211 Å². The highest BCUT2D eigenvalue weighted by Gasteiger charge is 2.49. The van der Waals surface area contributed by atoms with Gasteiger partial charge in [-0.2, -0.15) is 9.97 Å². The van der Waals surface area contributed by atoms with Crippen LogP contribution in [0.5, 0.6) is 0 Å². The van der Waals surface area contributed by atoms with E-state index in [1.807, 2.05) is 0 Å². The molecule has 0 aliphatic carbocycles. The Balaban J connectivity index is 1.81. The summed E-state index contributed by atoms with van der Waals surface area (Å²) in [6.07, 6.45) is -3.43. The Morgan fingerprint density at radius 2 is 1.89 bits per heavy atom. The maximum absolute atomic E-state index is 15.2. The van der Waals surface area contributed by atoms with E-state index in [0.717, 1.165) is 30.1 Å². The van der Waals surface area contributed by atoms with Crippen LogP contribution in [0.25, 0.3) is 11.2 Å². The number of halogens is 3. The van der Waals surface area contributed by atoms with Gasteiger partial charge in [0.15, 0.2) is 17.8 Å². The van der Waals surface area contributed by atoms with E-state index in [2.05, 4.69) is 15.0 Å². The third kappa shape index (κ3) is 5.73. The number of carbonyl (C=O) groups is 3. The number of anilines is 1. The van der Waals surface area contributed by atoms with E-state index >= 15 is 4.39 Å². The van der Waals surface area contributed by atoms with Crippen molar-refractivity contribution < 1.29 is 48.0 Å². The lowest BCUT2D eigenvalue weighted by Crippen LogP contribution is -2.52. The number of nitrogens with two attached hydrogens (primary N) is 1. The first kappa shape index (κ1) is 27.6. The summed E-state index contributed by atoms with van der Waals surface area (Å²) in [6.45, 7) is -0.727. The molecule has 3 aromatic rings. The van der Waals surface area contributed by atoms with Gasteiger partial charge in [0.25, 0.3) is 5.60 Å². The van der Waals surface area contributed by atoms with Crippen LogP contribution in [0.2, 0.25) is 5.28 Å². The number of imidazole rings is 1. The number of rotatable bonds is 12. The van der Waals surface area contributed by atoms with E-state index in [1.54, 1.807) is 0 Å². The van der Waals surface area contributed by atoms with Crippen molar-refractivity contribution in [2.45, 2.75) is 30.8 Å². The third-order valence-corrected chi connectivity index (χ3v) is 5.63. The van der Waals surface area contributed by atoms with Crippen LogP contribution in [0.15, 0.2) is 24.5 Å². The molecule has 0 fully saturated rings. The van der Waals surface area contributed by atoms with Crippen molar-refractivity contribution >= 4 is 46.5 Å². The number of alkyl halides is 1. The number of fused-ring (bicyclic) bond motifs is 1. The summed E-state index contributed by atoms with van der Waals surface area (Å²) in [5.41, 5.74) is 1.92. The molecule has 0 aliphatic heterocycles. The molecule has 37 heavy (non-hydrogen) atoms. The first-order valence-corrected chi connectivity index (χ1v) is 10.7. The predicted octanol–water partition coefficient (Wildman–Crippen LogP) is 1.94. The van der Waals surface area contributed by atoms with Crippen molar-refractivity contribution in [3.05, 3.63) is 46.8 Å². The lowest BCUT2D eigenvalue weighted by atomic mass is 9.93. The van der Waals surface area contributed by atoms with Crippen molar-refractivity contribution in [3.63, 3.8) is 0 Å². The second-order valence-electron chi connectivity index (χ2n) is 7.77. The van der Waals surface area contributed by atoms with Crippen molar-refractivity contribution in [1.82, 2.24) is 19.5 Å². The van der Waals surface area contributed by atoms with Crippen molar-refractivity contribution in [2.75, 3.05) is 19.5 Å². The Morgan fingerprint density at radius 3 is 2.46 bits per heavy atom. The summed E-state index contributed by atoms with van der Waals surface area (Å²) in [5, 5.41) is 28.1. The molecule has 13 nitrogen and oxygen atoms in total. The average Bonchev–Trinajstić information content (AvgIpc) is 3.25. The highest BCUT2D eigenvalue weighted by atomic mass is 35.5. The zero-order valence-corrected chi connectivity index (χ0v) is 19.7. The Bertz CT molecular complexity index is 1340. The first-order chi connectivity index (χ1) is 17.4. The molecule has 2 atom stereocenters. The molecule has 0 spiro atoms. The highest BCUT2D eigenvalue weighted by Crippen LogP contribution is 2.27. The molecule has 0 amide bonds. The summed E-state index contributed by atoms with van der Waals surface area (Å²) in [4.78, 5) is 46.5. The number of nitrogen functional groups attached to an aromatic ring is 1. The lowest BCUT2D eigenvalue weighted by Gasteiger charge is -2.28. The van der Waals surface area contributed by atoms with E-state index in [-0.39, 0.29) is 22.3 Å². The van der Waals surface area contributed by atoms with Crippen LogP contribution in [0.4, 0.5) is 14.6 Å². The number of methoxy groups -OCH3 is 1. The minimum absolute atomic E-state index is 0.0218. The molecule has 0 saturated heterocycles. The molecular weight excluding hydrogens is 524 g/mol. The second kappa shape index (κ2) is 11.0. The SMILES string of the molecule is COC(COC(Cc1ccc(C(=O)O)cc1F)(C(=O)O)C(=O)O)CC(F)n1cnc2c(N)nc(Cl)nc21. The number of hydrogen-bond donors (Lipinski definition) is 4. The molecule has 1 aromatic carbocycles. The standard InChI is InChI=1S/C21H20ClF2N5O8/c1-36-11(5-13(24)29-8-26-14-15(25)27-20(22)28-16(14)29)7-37-21(18(32)33,19(34)35)6-10-3-2-9(17(30)31)4-12(10)23/h2-4,8,11,13H,5-7H2,1H3,(H,30,31)(H,32,33)(H,34,35)(H2,25,27,28). The van der Waals surface area contributed by atoms with Gasteiger partial charge in [-0.1, -0.05) is 6.07 Å². The highest BCUT2D eigenvalue weighted by molar-refractivity contribution is 6.28. The van der Waals surface area contributed by atoms with Crippen LogP contribution in [0, 0.1) is 5.82 Å². The van der Waals surface area contributed by atoms with Crippen LogP contribution >= 0.6 is 11.6 Å². The van der Waals surface area contributed by atoms with Gasteiger partial charge in [-0.15, -0.1) is 0 Å². The van der Waals surface area contributed by atoms with Gasteiger partial charge in [0.2, 0.25) is 5.28 Å². The monoisotopic (exact) mass is 543 g/mol. The largest absolute Gasteiger partial charge is 0.479 e. The number of benzene rings is 1. The lowest BCUT2D eigenvalue weighted by molar-refractivity contribution is -0.188. The average molecular weight is 544 g/mol. The summed E-state index contributed by atoms with van der Waals surface area (Å²) in [6, 6.07) is 2.55. The minimum atomic E-state index is -2.99. The number of aliphatic carboxylic acids is 2. The van der Waals surface area contributed by atoms with E-state index in [0.29, 0.717) is 6.07 Å². The van der Waals surface area contributed by atoms with Crippen LogP contribution in [0.3, 0.4) is 0 Å². The van der Waals surface area contributed by atoms with E-state index in [4.69, 9.17) is 31.9 Å². The van der Waals surface area contributed by atoms with Crippen LogP contribution in [-0.2, 0) is 25.5 Å². The fourth-order valence-corrected chi connectivity index (χ4v) is 3.59. The quantitative estimate of drug-likeness (QED) is 0.191. The molecule has 3 rings (SSSR count). The molecule has 0 bridgehead atoms. The number of hydrogen-bond acceptors (Lipinski definition) is 9. The first-order valence-electron chi connectivity index (χ1n) is 10.3. The number of ether oxygens (including phenoxy) is 2. The van der Waals surface area contributed by atoms with Gasteiger partial charge in [0.1, 0.15) is 11.3 Å². The number of carboxylic acids is 3. The van der Waals surface area contributed by atoms with Gasteiger partial charge in [-0.05, 0) is 29.3 Å². The second-order valence-corrected chi connectivity index (χ2v) is 8.10.